The molecule has 7 nitrogen and oxygen atoms in total. The van der Waals surface area contributed by atoms with Gasteiger partial charge in [-0.1, -0.05) is 60.8 Å². The quantitative estimate of drug-likeness (QED) is 0.220. The third-order valence-corrected chi connectivity index (χ3v) is 9.25. The lowest BCUT2D eigenvalue weighted by Gasteiger charge is -2.30. The molecule has 1 aliphatic heterocycles. The summed E-state index contributed by atoms with van der Waals surface area (Å²) in [5.74, 6) is 1.22. The van der Waals surface area contributed by atoms with Crippen molar-refractivity contribution in [2.45, 2.75) is 75.5 Å². The van der Waals surface area contributed by atoms with E-state index >= 15 is 0 Å². The highest BCUT2D eigenvalue weighted by Crippen LogP contribution is 2.41. The number of nitrogens with one attached hydrogen (secondary N) is 1. The van der Waals surface area contributed by atoms with Crippen LogP contribution in [0.15, 0.2) is 40.6 Å². The lowest BCUT2D eigenvalue weighted by molar-refractivity contribution is -0.119. The number of nitrogens with zero attached hydrogens (tertiary/aromatic N) is 4. The highest BCUT2D eigenvalue weighted by Gasteiger charge is 2.31. The van der Waals surface area contributed by atoms with Gasteiger partial charge < -0.3 is 10.1 Å². The maximum Gasteiger partial charge on any atom is 0.230 e. The lowest BCUT2D eigenvalue weighted by atomic mass is 9.94. The minimum absolute atomic E-state index is 0.0104. The van der Waals surface area contributed by atoms with Gasteiger partial charge in [-0.3, -0.25) is 4.79 Å². The van der Waals surface area contributed by atoms with Gasteiger partial charge in [0.15, 0.2) is 16.0 Å². The number of rotatable bonds is 9. The predicted molar refractivity (Wildman–Crippen MR) is 148 cm³/mol. The molecule has 0 radical (unpaired) electrons. The van der Waals surface area contributed by atoms with E-state index in [1.165, 1.54) is 27.8 Å². The fraction of sp³-hybridized carbons (Fsp3) is 0.462. The molecule has 1 aromatic carbocycles. The van der Waals surface area contributed by atoms with Crippen LogP contribution in [0.2, 0.25) is 0 Å². The minimum atomic E-state index is -0.222. The Morgan fingerprint density at radius 3 is 2.81 bits per heavy atom. The molecule has 5 rings (SSSR count). The van der Waals surface area contributed by atoms with Crippen molar-refractivity contribution in [3.63, 3.8) is 0 Å². The number of benzene rings is 1. The summed E-state index contributed by atoms with van der Waals surface area (Å²) in [5, 5.41) is 14.9. The Kier molecular flexibility index (Phi) is 7.57. The van der Waals surface area contributed by atoms with E-state index < -0.39 is 0 Å². The van der Waals surface area contributed by atoms with Crippen LogP contribution in [-0.2, 0) is 29.0 Å². The number of hydrogen-bond acceptors (Lipinski definition) is 8. The summed E-state index contributed by atoms with van der Waals surface area (Å²) in [6.07, 6.45) is 2.66. The van der Waals surface area contributed by atoms with Gasteiger partial charge in [0.05, 0.1) is 23.3 Å². The summed E-state index contributed by atoms with van der Waals surface area (Å²) in [6.45, 7) is 9.04. The van der Waals surface area contributed by atoms with Crippen LogP contribution in [0.25, 0.3) is 15.9 Å². The van der Waals surface area contributed by atoms with Gasteiger partial charge in [-0.15, -0.1) is 21.5 Å². The third-order valence-electron chi connectivity index (χ3n) is 6.07. The van der Waals surface area contributed by atoms with Crippen molar-refractivity contribution < 1.29 is 9.53 Å². The Morgan fingerprint density at radius 2 is 2.03 bits per heavy atom. The molecule has 0 bridgehead atoms. The molecular weight excluding hydrogens is 511 g/mol. The zero-order valence-corrected chi connectivity index (χ0v) is 23.5. The number of fused-ring (bicyclic) bond motifs is 5. The highest BCUT2D eigenvalue weighted by atomic mass is 32.2. The number of carbonyl (C=O) groups is 1. The second kappa shape index (κ2) is 10.7. The first kappa shape index (κ1) is 25.5. The van der Waals surface area contributed by atoms with Crippen LogP contribution < -0.4 is 5.32 Å². The van der Waals surface area contributed by atoms with Gasteiger partial charge in [0.1, 0.15) is 4.83 Å². The molecule has 1 N–H and O–H groups in total. The van der Waals surface area contributed by atoms with Crippen LogP contribution in [-0.4, -0.2) is 48.6 Å². The summed E-state index contributed by atoms with van der Waals surface area (Å²) in [7, 11) is 0. The molecule has 3 aromatic heterocycles. The highest BCUT2D eigenvalue weighted by molar-refractivity contribution is 8.00. The van der Waals surface area contributed by atoms with Gasteiger partial charge in [-0.2, -0.15) is 0 Å². The monoisotopic (exact) mass is 541 g/mol. The van der Waals surface area contributed by atoms with Gasteiger partial charge >= 0.3 is 0 Å². The Hall–Kier alpha value is -2.14. The second-order valence-corrected chi connectivity index (χ2v) is 12.8. The number of ether oxygens (including phenoxy) is 1. The number of thioether (sulfide) groups is 2. The zero-order chi connectivity index (χ0) is 25.3. The third kappa shape index (κ3) is 5.41. The smallest absolute Gasteiger partial charge is 0.230 e. The Labute approximate surface area is 223 Å². The van der Waals surface area contributed by atoms with Gasteiger partial charge in [-0.05, 0) is 44.7 Å². The average molecular weight is 542 g/mol. The summed E-state index contributed by atoms with van der Waals surface area (Å²) in [4.78, 5) is 20.0. The summed E-state index contributed by atoms with van der Waals surface area (Å²) < 4.78 is 8.10. The Morgan fingerprint density at radius 1 is 1.22 bits per heavy atom. The van der Waals surface area contributed by atoms with Crippen molar-refractivity contribution in [1.82, 2.24) is 24.9 Å². The Balaban J connectivity index is 1.40. The van der Waals surface area contributed by atoms with E-state index in [9.17, 15) is 4.79 Å². The van der Waals surface area contributed by atoms with E-state index in [2.05, 4.69) is 48.4 Å². The largest absolute Gasteiger partial charge is 0.370 e. The molecule has 0 fully saturated rings. The lowest BCUT2D eigenvalue weighted by Crippen LogP contribution is -2.35. The molecule has 0 saturated heterocycles. The molecule has 4 aromatic rings. The molecular formula is C26H31N5O2S3. The van der Waals surface area contributed by atoms with Gasteiger partial charge in [0.25, 0.3) is 0 Å². The van der Waals surface area contributed by atoms with Crippen molar-refractivity contribution in [2.24, 2.45) is 0 Å². The number of aromatic nitrogens is 4. The molecule has 1 atom stereocenters. The Bertz CT molecular complexity index is 1380. The molecule has 36 heavy (non-hydrogen) atoms. The van der Waals surface area contributed by atoms with Crippen LogP contribution in [0.5, 0.6) is 0 Å². The zero-order valence-electron chi connectivity index (χ0n) is 21.0. The van der Waals surface area contributed by atoms with E-state index in [1.54, 1.807) is 23.1 Å². The van der Waals surface area contributed by atoms with Gasteiger partial charge in [-0.25, -0.2) is 9.38 Å². The van der Waals surface area contributed by atoms with Crippen molar-refractivity contribution in [3.05, 3.63) is 46.3 Å². The molecule has 1 aliphatic rings. The summed E-state index contributed by atoms with van der Waals surface area (Å²) >= 11 is 4.82. The van der Waals surface area contributed by atoms with E-state index in [-0.39, 0.29) is 23.3 Å². The normalized spacial score (nSPS) is 15.8. The molecule has 1 amide bonds. The number of amides is 1. The molecule has 1 unspecified atom stereocenters. The van der Waals surface area contributed by atoms with Gasteiger partial charge in [0.2, 0.25) is 5.91 Å². The summed E-state index contributed by atoms with van der Waals surface area (Å²) in [6, 6.07) is 10.3. The topological polar surface area (TPSA) is 81.4 Å². The first-order valence-corrected chi connectivity index (χ1v) is 15.1. The van der Waals surface area contributed by atoms with Crippen LogP contribution in [0.3, 0.4) is 0 Å². The van der Waals surface area contributed by atoms with Crippen molar-refractivity contribution in [2.75, 3.05) is 11.5 Å². The van der Waals surface area contributed by atoms with Crippen LogP contribution in [0.1, 0.15) is 50.1 Å². The number of hydrogen-bond donors (Lipinski definition) is 1. The van der Waals surface area contributed by atoms with E-state index in [0.717, 1.165) is 46.0 Å². The molecule has 0 spiro atoms. The number of thiophene rings is 1. The standard InChI is InChI=1S/C26H31N5O2S3/c1-5-11-34-24-28-23-21(18-13-26(3,4)33-14-19(18)36-23)22-29-30-25(31(22)24)35-15-20(32)27-16(2)12-17-9-7-6-8-10-17/h6-10,16H,5,11-15H2,1-4H3,(H,27,32). The molecule has 4 heterocycles. The van der Waals surface area contributed by atoms with E-state index in [1.807, 2.05) is 29.5 Å². The van der Waals surface area contributed by atoms with Crippen molar-refractivity contribution in [1.29, 1.82) is 0 Å². The maximum atomic E-state index is 12.7. The fourth-order valence-corrected chi connectivity index (χ4v) is 7.24. The second-order valence-electron chi connectivity index (χ2n) is 9.74. The first-order valence-electron chi connectivity index (χ1n) is 12.3. The molecule has 190 valence electrons. The SMILES string of the molecule is CCCSc1nc2sc3c(c2c2nnc(SCC(=O)NC(C)Cc4ccccc4)n12)CC(C)(C)OC3. The molecule has 0 aliphatic carbocycles. The fourth-order valence-electron chi connectivity index (χ4n) is 4.44. The van der Waals surface area contributed by atoms with E-state index in [0.29, 0.717) is 11.8 Å². The molecule has 0 saturated carbocycles. The van der Waals surface area contributed by atoms with Crippen LogP contribution in [0.4, 0.5) is 0 Å². The van der Waals surface area contributed by atoms with Crippen molar-refractivity contribution >= 4 is 56.6 Å². The summed E-state index contributed by atoms with van der Waals surface area (Å²) in [5.41, 5.74) is 3.09. The number of carbonyl (C=O) groups excluding carboxylic acids is 1. The van der Waals surface area contributed by atoms with Crippen molar-refractivity contribution in [3.8, 4) is 0 Å². The van der Waals surface area contributed by atoms with E-state index in [4.69, 9.17) is 9.72 Å². The minimum Gasteiger partial charge on any atom is -0.370 e. The van der Waals surface area contributed by atoms with Crippen LogP contribution in [0, 0.1) is 0 Å². The van der Waals surface area contributed by atoms with Gasteiger partial charge in [0, 0.05) is 23.1 Å². The molecule has 10 heteroatoms. The average Bonchev–Trinajstić information content (AvgIpc) is 3.42. The predicted octanol–water partition coefficient (Wildman–Crippen LogP) is 5.53. The maximum absolute atomic E-state index is 12.7. The van der Waals surface area contributed by atoms with Crippen LogP contribution >= 0.6 is 34.9 Å². The first-order chi connectivity index (χ1) is 17.3.